The molecule has 0 aromatic carbocycles. The number of carbonyl (C=O) groups excluding carboxylic acids is 1. The number of aryl methyl sites for hydroxylation is 2. The number of carbonyl (C=O) groups is 1. The molecule has 4 heterocycles. The molecule has 0 saturated carbocycles. The molecule has 4 aromatic rings. The molecule has 0 spiro atoms. The van der Waals surface area contributed by atoms with Crippen LogP contribution in [0.4, 0.5) is 0 Å². The highest BCUT2D eigenvalue weighted by atomic mass is 32.1. The van der Waals surface area contributed by atoms with Crippen molar-refractivity contribution in [2.45, 2.75) is 40.2 Å². The molecule has 4 rings (SSSR count). The predicted molar refractivity (Wildman–Crippen MR) is 116 cm³/mol. The van der Waals surface area contributed by atoms with E-state index < -0.39 is 0 Å². The van der Waals surface area contributed by atoms with Gasteiger partial charge in [0.05, 0.1) is 17.1 Å². The lowest BCUT2D eigenvalue weighted by atomic mass is 10.1. The minimum Gasteiger partial charge on any atom is -0.355 e. The van der Waals surface area contributed by atoms with Crippen molar-refractivity contribution in [3.8, 4) is 16.6 Å². The van der Waals surface area contributed by atoms with Crippen molar-refractivity contribution in [3.05, 3.63) is 68.3 Å². The molecule has 0 aliphatic heterocycles. The van der Waals surface area contributed by atoms with Crippen LogP contribution < -0.4 is 10.9 Å². The number of hydrogen-bond donors (Lipinski definition) is 2. The van der Waals surface area contributed by atoms with Crippen molar-refractivity contribution in [3.63, 3.8) is 0 Å². The van der Waals surface area contributed by atoms with Crippen LogP contribution in [0.5, 0.6) is 0 Å². The standard InChI is InChI=1S/C21H22N6O3S/c1-12-9-20(29)24-21(23-12)27-14(3)16(13(2)25-27)6-7-19(28)22-11-15-10-17(30-26-15)18-5-4-8-31-18/h4-5,8-10H,6-7,11H2,1-3H3,(H,22,28)(H,23,24,29). The predicted octanol–water partition coefficient (Wildman–Crippen LogP) is 2.85. The number of aromatic amines is 1. The van der Waals surface area contributed by atoms with Gasteiger partial charge >= 0.3 is 0 Å². The zero-order chi connectivity index (χ0) is 22.0. The number of nitrogens with one attached hydrogen (secondary N) is 2. The lowest BCUT2D eigenvalue weighted by Gasteiger charge is -2.06. The van der Waals surface area contributed by atoms with E-state index in [1.54, 1.807) is 22.9 Å². The van der Waals surface area contributed by atoms with Crippen molar-refractivity contribution in [2.75, 3.05) is 0 Å². The molecule has 0 aliphatic rings. The van der Waals surface area contributed by atoms with Crippen LogP contribution in [0.25, 0.3) is 16.6 Å². The van der Waals surface area contributed by atoms with Gasteiger partial charge in [0.25, 0.3) is 5.56 Å². The first-order valence-electron chi connectivity index (χ1n) is 9.80. The first-order valence-corrected chi connectivity index (χ1v) is 10.7. The van der Waals surface area contributed by atoms with Crippen LogP contribution in [0.1, 0.15) is 34.8 Å². The second-order valence-electron chi connectivity index (χ2n) is 7.21. The van der Waals surface area contributed by atoms with Crippen molar-refractivity contribution < 1.29 is 9.32 Å². The maximum Gasteiger partial charge on any atom is 0.252 e. The lowest BCUT2D eigenvalue weighted by molar-refractivity contribution is -0.121. The molecule has 0 saturated heterocycles. The van der Waals surface area contributed by atoms with Gasteiger partial charge in [0.15, 0.2) is 5.76 Å². The minimum atomic E-state index is -0.230. The molecule has 10 heteroatoms. The molecule has 9 nitrogen and oxygen atoms in total. The summed E-state index contributed by atoms with van der Waals surface area (Å²) in [5, 5.41) is 13.3. The molecule has 0 bridgehead atoms. The van der Waals surface area contributed by atoms with Crippen molar-refractivity contribution >= 4 is 17.2 Å². The van der Waals surface area contributed by atoms with Gasteiger partial charge in [-0.2, -0.15) is 5.10 Å². The fourth-order valence-electron chi connectivity index (χ4n) is 3.35. The highest BCUT2D eigenvalue weighted by Gasteiger charge is 2.16. The summed E-state index contributed by atoms with van der Waals surface area (Å²) in [6, 6.07) is 7.17. The second kappa shape index (κ2) is 8.68. The van der Waals surface area contributed by atoms with Crippen LogP contribution in [0.3, 0.4) is 0 Å². The first-order chi connectivity index (χ1) is 14.9. The van der Waals surface area contributed by atoms with E-state index in [2.05, 4.69) is 25.5 Å². The summed E-state index contributed by atoms with van der Waals surface area (Å²) >= 11 is 1.57. The third kappa shape index (κ3) is 4.64. The molecule has 0 atom stereocenters. The van der Waals surface area contributed by atoms with Gasteiger partial charge in [-0.15, -0.1) is 11.3 Å². The highest BCUT2D eigenvalue weighted by molar-refractivity contribution is 7.13. The maximum absolute atomic E-state index is 12.4. The van der Waals surface area contributed by atoms with Crippen LogP contribution in [0.15, 0.2) is 39.0 Å². The van der Waals surface area contributed by atoms with Crippen molar-refractivity contribution in [1.29, 1.82) is 0 Å². The summed E-state index contributed by atoms with van der Waals surface area (Å²) in [6.45, 7) is 5.84. The van der Waals surface area contributed by atoms with E-state index in [-0.39, 0.29) is 11.5 Å². The Balaban J connectivity index is 1.37. The number of rotatable bonds is 7. The number of aromatic nitrogens is 5. The zero-order valence-electron chi connectivity index (χ0n) is 17.4. The van der Waals surface area contributed by atoms with E-state index in [9.17, 15) is 9.59 Å². The van der Waals surface area contributed by atoms with Crippen LogP contribution in [0, 0.1) is 20.8 Å². The number of hydrogen-bond acceptors (Lipinski definition) is 7. The largest absolute Gasteiger partial charge is 0.355 e. The number of nitrogens with zero attached hydrogens (tertiary/aromatic N) is 4. The third-order valence-corrected chi connectivity index (χ3v) is 5.78. The molecule has 0 fully saturated rings. The van der Waals surface area contributed by atoms with Gasteiger partial charge < -0.3 is 9.84 Å². The molecule has 1 amide bonds. The Bertz CT molecular complexity index is 1270. The molecular weight excluding hydrogens is 416 g/mol. The Morgan fingerprint density at radius 3 is 2.87 bits per heavy atom. The SMILES string of the molecule is Cc1cc(=O)[nH]c(-n2nc(C)c(CCC(=O)NCc3cc(-c4cccs4)on3)c2C)n1. The van der Waals surface area contributed by atoms with Gasteiger partial charge in [-0.05, 0) is 44.2 Å². The molecule has 31 heavy (non-hydrogen) atoms. The van der Waals surface area contributed by atoms with E-state index in [0.717, 1.165) is 21.8 Å². The third-order valence-electron chi connectivity index (χ3n) is 4.89. The van der Waals surface area contributed by atoms with Crippen LogP contribution in [-0.2, 0) is 17.8 Å². The topological polar surface area (TPSA) is 119 Å². The first kappa shape index (κ1) is 20.7. The van der Waals surface area contributed by atoms with Gasteiger partial charge in [-0.3, -0.25) is 14.6 Å². The Kier molecular flexibility index (Phi) is 5.81. The summed E-state index contributed by atoms with van der Waals surface area (Å²) in [6.07, 6.45) is 0.833. The number of thiophene rings is 1. The van der Waals surface area contributed by atoms with Gasteiger partial charge in [0.1, 0.15) is 5.69 Å². The smallest absolute Gasteiger partial charge is 0.252 e. The Morgan fingerprint density at radius 2 is 2.13 bits per heavy atom. The monoisotopic (exact) mass is 438 g/mol. The van der Waals surface area contributed by atoms with Crippen LogP contribution in [0.2, 0.25) is 0 Å². The maximum atomic E-state index is 12.4. The molecule has 2 N–H and O–H groups in total. The molecule has 0 aliphatic carbocycles. The van der Waals surface area contributed by atoms with Crippen LogP contribution >= 0.6 is 11.3 Å². The van der Waals surface area contributed by atoms with Crippen molar-refractivity contribution in [1.82, 2.24) is 30.2 Å². The zero-order valence-corrected chi connectivity index (χ0v) is 18.2. The summed E-state index contributed by atoms with van der Waals surface area (Å²) in [5.41, 5.74) is 3.66. The fraction of sp³-hybridized carbons (Fsp3) is 0.286. The normalized spacial score (nSPS) is 11.1. The van der Waals surface area contributed by atoms with Gasteiger partial charge in [0, 0.05) is 29.9 Å². The average Bonchev–Trinajstić information content (AvgIpc) is 3.45. The van der Waals surface area contributed by atoms with Gasteiger partial charge in [0.2, 0.25) is 11.9 Å². The molecule has 160 valence electrons. The summed E-state index contributed by atoms with van der Waals surface area (Å²) in [5.74, 6) is 0.976. The minimum absolute atomic E-state index is 0.0886. The summed E-state index contributed by atoms with van der Waals surface area (Å²) in [7, 11) is 0. The highest BCUT2D eigenvalue weighted by Crippen LogP contribution is 2.25. The fourth-order valence-corrected chi connectivity index (χ4v) is 4.03. The number of H-pyrrole nitrogens is 1. The molecule has 0 radical (unpaired) electrons. The molecule has 0 unspecified atom stereocenters. The van der Waals surface area contributed by atoms with E-state index in [4.69, 9.17) is 4.52 Å². The van der Waals surface area contributed by atoms with E-state index >= 15 is 0 Å². The number of amides is 1. The Hall–Kier alpha value is -3.53. The second-order valence-corrected chi connectivity index (χ2v) is 8.16. The van der Waals surface area contributed by atoms with Gasteiger partial charge in [-0.1, -0.05) is 11.2 Å². The quantitative estimate of drug-likeness (QED) is 0.458. The van der Waals surface area contributed by atoms with Gasteiger partial charge in [-0.25, -0.2) is 9.67 Å². The average molecular weight is 439 g/mol. The summed E-state index contributed by atoms with van der Waals surface area (Å²) in [4.78, 5) is 32.2. The van der Waals surface area contributed by atoms with Crippen LogP contribution in [-0.4, -0.2) is 30.8 Å². The van der Waals surface area contributed by atoms with E-state index in [1.165, 1.54) is 6.07 Å². The molecule has 4 aromatic heterocycles. The molecular formula is C21H22N6O3S. The van der Waals surface area contributed by atoms with Crippen molar-refractivity contribution in [2.24, 2.45) is 0 Å². The Labute approximate surface area is 182 Å². The lowest BCUT2D eigenvalue weighted by Crippen LogP contribution is -2.23. The Morgan fingerprint density at radius 1 is 1.29 bits per heavy atom. The summed E-state index contributed by atoms with van der Waals surface area (Å²) < 4.78 is 6.94. The van der Waals surface area contributed by atoms with E-state index in [0.29, 0.717) is 42.5 Å². The van der Waals surface area contributed by atoms with E-state index in [1.807, 2.05) is 37.4 Å².